The Labute approximate surface area is 100.0 Å². The summed E-state index contributed by atoms with van der Waals surface area (Å²) in [4.78, 5) is 12.2. The molecule has 0 heterocycles. The maximum atomic E-state index is 12.2. The molecule has 1 saturated carbocycles. The molecule has 1 fully saturated rings. The number of unbranched alkanes of at least 4 members (excludes halogenated alkanes) is 1. The highest BCUT2D eigenvalue weighted by atomic mass is 16.1. The quantitative estimate of drug-likeness (QED) is 0.689. The summed E-state index contributed by atoms with van der Waals surface area (Å²) in [6, 6.07) is 0. The summed E-state index contributed by atoms with van der Waals surface area (Å²) in [5, 5.41) is 0. The first-order valence-electron chi connectivity index (χ1n) is 6.92. The lowest BCUT2D eigenvalue weighted by Gasteiger charge is -2.40. The first kappa shape index (κ1) is 13.7. The van der Waals surface area contributed by atoms with Gasteiger partial charge in [0, 0.05) is 18.4 Å². The van der Waals surface area contributed by atoms with E-state index in [1.165, 1.54) is 25.7 Å². The van der Waals surface area contributed by atoms with Gasteiger partial charge in [-0.2, -0.15) is 0 Å². The van der Waals surface area contributed by atoms with E-state index in [9.17, 15) is 4.79 Å². The molecule has 1 atom stereocenters. The van der Waals surface area contributed by atoms with Gasteiger partial charge in [-0.3, -0.25) is 4.79 Å². The summed E-state index contributed by atoms with van der Waals surface area (Å²) in [5.41, 5.74) is 5.65. The number of carbonyl (C=O) groups excluding carboxylic acids is 1. The molecule has 0 aromatic carbocycles. The second-order valence-electron chi connectivity index (χ2n) is 5.38. The van der Waals surface area contributed by atoms with Gasteiger partial charge in [0.1, 0.15) is 5.78 Å². The zero-order chi connectivity index (χ0) is 12.0. The van der Waals surface area contributed by atoms with E-state index in [0.29, 0.717) is 18.2 Å². The maximum absolute atomic E-state index is 12.2. The topological polar surface area (TPSA) is 43.1 Å². The van der Waals surface area contributed by atoms with Crippen LogP contribution in [-0.4, -0.2) is 12.3 Å². The van der Waals surface area contributed by atoms with Gasteiger partial charge in [0.15, 0.2) is 0 Å². The van der Waals surface area contributed by atoms with E-state index in [0.717, 1.165) is 25.7 Å². The third-order valence-electron chi connectivity index (χ3n) is 4.31. The van der Waals surface area contributed by atoms with Gasteiger partial charge in [-0.15, -0.1) is 0 Å². The Balaban J connectivity index is 2.41. The van der Waals surface area contributed by atoms with Crippen molar-refractivity contribution in [1.82, 2.24) is 0 Å². The lowest BCUT2D eigenvalue weighted by Crippen LogP contribution is -2.44. The molecule has 2 heteroatoms. The third-order valence-corrected chi connectivity index (χ3v) is 4.31. The standard InChI is InChI=1S/C14H27NO/c1-3-5-7-12(4-2)10-13(16)14(11-15)8-6-9-14/h12H,3-11,15H2,1-2H3. The van der Waals surface area contributed by atoms with Crippen LogP contribution in [-0.2, 0) is 4.79 Å². The molecule has 1 aliphatic carbocycles. The fourth-order valence-electron chi connectivity index (χ4n) is 2.62. The second kappa shape index (κ2) is 6.39. The van der Waals surface area contributed by atoms with Gasteiger partial charge in [-0.1, -0.05) is 46.0 Å². The summed E-state index contributed by atoms with van der Waals surface area (Å²) in [7, 11) is 0. The highest BCUT2D eigenvalue weighted by molar-refractivity contribution is 5.86. The Kier molecular flexibility index (Phi) is 5.47. The number of hydrogen-bond donors (Lipinski definition) is 1. The molecule has 0 aromatic heterocycles. The molecule has 1 rings (SSSR count). The summed E-state index contributed by atoms with van der Waals surface area (Å²) in [6.07, 6.45) is 8.85. The molecule has 0 saturated heterocycles. The molecule has 1 aliphatic rings. The van der Waals surface area contributed by atoms with Gasteiger partial charge >= 0.3 is 0 Å². The second-order valence-corrected chi connectivity index (χ2v) is 5.38. The van der Waals surface area contributed by atoms with Crippen molar-refractivity contribution in [3.63, 3.8) is 0 Å². The fourth-order valence-corrected chi connectivity index (χ4v) is 2.62. The number of nitrogens with two attached hydrogens (primary N) is 1. The molecule has 0 radical (unpaired) electrons. The van der Waals surface area contributed by atoms with Crippen LogP contribution >= 0.6 is 0 Å². The number of Topliss-reactive ketones (excluding diaryl/α,β-unsaturated/α-hetero) is 1. The minimum absolute atomic E-state index is 0.111. The van der Waals surface area contributed by atoms with Crippen molar-refractivity contribution in [2.45, 2.75) is 65.2 Å². The van der Waals surface area contributed by atoms with E-state index in [-0.39, 0.29) is 5.41 Å². The smallest absolute Gasteiger partial charge is 0.140 e. The van der Waals surface area contributed by atoms with Crippen molar-refractivity contribution < 1.29 is 4.79 Å². The zero-order valence-electron chi connectivity index (χ0n) is 10.9. The molecule has 0 bridgehead atoms. The van der Waals surface area contributed by atoms with Crippen molar-refractivity contribution >= 4 is 5.78 Å². The van der Waals surface area contributed by atoms with Crippen molar-refractivity contribution in [2.24, 2.45) is 17.1 Å². The number of carbonyl (C=O) groups is 1. The van der Waals surface area contributed by atoms with Crippen LogP contribution in [0.2, 0.25) is 0 Å². The third kappa shape index (κ3) is 3.07. The Hall–Kier alpha value is -0.370. The maximum Gasteiger partial charge on any atom is 0.140 e. The molecular weight excluding hydrogens is 198 g/mol. The molecule has 16 heavy (non-hydrogen) atoms. The van der Waals surface area contributed by atoms with Crippen LogP contribution in [0.1, 0.15) is 65.2 Å². The summed E-state index contributed by atoms with van der Waals surface area (Å²) in [5.74, 6) is 1.04. The van der Waals surface area contributed by atoms with Crippen molar-refractivity contribution in [1.29, 1.82) is 0 Å². The van der Waals surface area contributed by atoms with Crippen LogP contribution < -0.4 is 5.73 Å². The number of rotatable bonds is 8. The molecule has 2 nitrogen and oxygen atoms in total. The van der Waals surface area contributed by atoms with E-state index >= 15 is 0 Å². The van der Waals surface area contributed by atoms with Gasteiger partial charge in [-0.05, 0) is 18.8 Å². The molecule has 0 amide bonds. The van der Waals surface area contributed by atoms with Crippen LogP contribution in [0.5, 0.6) is 0 Å². The molecule has 94 valence electrons. The monoisotopic (exact) mass is 225 g/mol. The van der Waals surface area contributed by atoms with Crippen LogP contribution in [0.4, 0.5) is 0 Å². The Morgan fingerprint density at radius 1 is 1.38 bits per heavy atom. The first-order valence-corrected chi connectivity index (χ1v) is 6.92. The van der Waals surface area contributed by atoms with Gasteiger partial charge < -0.3 is 5.73 Å². The predicted octanol–water partition coefficient (Wildman–Crippen LogP) is 3.29. The van der Waals surface area contributed by atoms with Crippen molar-refractivity contribution in [2.75, 3.05) is 6.54 Å². The Morgan fingerprint density at radius 3 is 2.44 bits per heavy atom. The van der Waals surface area contributed by atoms with E-state index in [1.54, 1.807) is 0 Å². The molecule has 2 N–H and O–H groups in total. The number of ketones is 1. The first-order chi connectivity index (χ1) is 7.68. The largest absolute Gasteiger partial charge is 0.329 e. The zero-order valence-corrected chi connectivity index (χ0v) is 10.9. The van der Waals surface area contributed by atoms with Crippen molar-refractivity contribution in [3.8, 4) is 0 Å². The van der Waals surface area contributed by atoms with Crippen LogP contribution in [0.3, 0.4) is 0 Å². The lowest BCUT2D eigenvalue weighted by atomic mass is 9.64. The van der Waals surface area contributed by atoms with Gasteiger partial charge in [-0.25, -0.2) is 0 Å². The molecule has 1 unspecified atom stereocenters. The molecular formula is C14H27NO. The predicted molar refractivity (Wildman–Crippen MR) is 68.3 cm³/mol. The average Bonchev–Trinajstić information content (AvgIpc) is 2.23. The van der Waals surface area contributed by atoms with Crippen LogP contribution in [0, 0.1) is 11.3 Å². The Morgan fingerprint density at radius 2 is 2.06 bits per heavy atom. The summed E-state index contributed by atoms with van der Waals surface area (Å²) >= 11 is 0. The highest BCUT2D eigenvalue weighted by Crippen LogP contribution is 2.42. The fraction of sp³-hybridized carbons (Fsp3) is 0.929. The SMILES string of the molecule is CCCCC(CC)CC(=O)C1(CN)CCC1. The van der Waals surface area contributed by atoms with E-state index in [4.69, 9.17) is 5.73 Å². The van der Waals surface area contributed by atoms with Crippen LogP contribution in [0.25, 0.3) is 0 Å². The Bertz CT molecular complexity index is 215. The molecule has 0 spiro atoms. The van der Waals surface area contributed by atoms with Gasteiger partial charge in [0.25, 0.3) is 0 Å². The summed E-state index contributed by atoms with van der Waals surface area (Å²) in [6.45, 7) is 4.97. The highest BCUT2D eigenvalue weighted by Gasteiger charge is 2.42. The summed E-state index contributed by atoms with van der Waals surface area (Å²) < 4.78 is 0. The normalized spacial score (nSPS) is 20.2. The van der Waals surface area contributed by atoms with E-state index in [1.807, 2.05) is 0 Å². The number of hydrogen-bond acceptors (Lipinski definition) is 2. The minimum atomic E-state index is -0.111. The van der Waals surface area contributed by atoms with E-state index in [2.05, 4.69) is 13.8 Å². The van der Waals surface area contributed by atoms with Gasteiger partial charge in [0.2, 0.25) is 0 Å². The average molecular weight is 225 g/mol. The van der Waals surface area contributed by atoms with E-state index < -0.39 is 0 Å². The van der Waals surface area contributed by atoms with Crippen LogP contribution in [0.15, 0.2) is 0 Å². The van der Waals surface area contributed by atoms with Crippen molar-refractivity contribution in [3.05, 3.63) is 0 Å². The lowest BCUT2D eigenvalue weighted by molar-refractivity contribution is -0.133. The molecule has 0 aliphatic heterocycles. The molecule has 0 aromatic rings. The minimum Gasteiger partial charge on any atom is -0.329 e. The van der Waals surface area contributed by atoms with Gasteiger partial charge in [0.05, 0.1) is 0 Å².